The third-order valence-corrected chi connectivity index (χ3v) is 7.42. The molecule has 0 spiro atoms. The Labute approximate surface area is 166 Å². The quantitative estimate of drug-likeness (QED) is 0.632. The molecule has 1 amide bonds. The van der Waals surface area contributed by atoms with E-state index in [9.17, 15) is 17.6 Å². The molecule has 1 aromatic heterocycles. The van der Waals surface area contributed by atoms with Gasteiger partial charge in [0.15, 0.2) is 9.84 Å². The topological polar surface area (TPSA) is 72.5 Å². The lowest BCUT2D eigenvalue weighted by atomic mass is 10.2. The molecule has 0 fully saturated rings. The first-order valence-electron chi connectivity index (χ1n) is 8.37. The average molecular weight is 419 g/mol. The highest BCUT2D eigenvalue weighted by atomic mass is 32.2. The fourth-order valence-electron chi connectivity index (χ4n) is 2.69. The van der Waals surface area contributed by atoms with Gasteiger partial charge in [0, 0.05) is 11.4 Å². The lowest BCUT2D eigenvalue weighted by molar-refractivity contribution is 0.0949. The fraction of sp³-hybridized carbons (Fsp3) is 0.150. The van der Waals surface area contributed by atoms with Crippen molar-refractivity contribution < 1.29 is 22.3 Å². The van der Waals surface area contributed by atoms with E-state index in [1.54, 1.807) is 35.7 Å². The summed E-state index contributed by atoms with van der Waals surface area (Å²) in [5.74, 6) is -0.783. The summed E-state index contributed by atoms with van der Waals surface area (Å²) in [6.07, 6.45) is 0. The van der Waals surface area contributed by atoms with Gasteiger partial charge >= 0.3 is 0 Å². The second kappa shape index (κ2) is 8.53. The van der Waals surface area contributed by atoms with Crippen molar-refractivity contribution in [3.8, 4) is 5.75 Å². The Balaban J connectivity index is 1.87. The van der Waals surface area contributed by atoms with Crippen molar-refractivity contribution in [2.45, 2.75) is 10.1 Å². The summed E-state index contributed by atoms with van der Waals surface area (Å²) in [7, 11) is -2.29. The second-order valence-electron chi connectivity index (χ2n) is 5.91. The van der Waals surface area contributed by atoms with Crippen LogP contribution >= 0.6 is 11.3 Å². The molecule has 2 aromatic carbocycles. The van der Waals surface area contributed by atoms with E-state index >= 15 is 0 Å². The summed E-state index contributed by atoms with van der Waals surface area (Å²) < 4.78 is 45.3. The summed E-state index contributed by atoms with van der Waals surface area (Å²) >= 11 is 1.28. The van der Waals surface area contributed by atoms with E-state index in [-0.39, 0.29) is 17.0 Å². The van der Waals surface area contributed by atoms with Crippen LogP contribution in [0.3, 0.4) is 0 Å². The number of ether oxygens (including phenoxy) is 1. The highest BCUT2D eigenvalue weighted by Crippen LogP contribution is 2.32. The molecule has 5 nitrogen and oxygen atoms in total. The van der Waals surface area contributed by atoms with Crippen LogP contribution in [-0.2, 0) is 9.84 Å². The Morgan fingerprint density at radius 3 is 2.43 bits per heavy atom. The zero-order valence-corrected chi connectivity index (χ0v) is 16.6. The normalized spacial score (nSPS) is 12.4. The van der Waals surface area contributed by atoms with Crippen LogP contribution in [0.2, 0.25) is 0 Å². The van der Waals surface area contributed by atoms with Crippen LogP contribution < -0.4 is 10.1 Å². The highest BCUT2D eigenvalue weighted by molar-refractivity contribution is 7.91. The summed E-state index contributed by atoms with van der Waals surface area (Å²) in [4.78, 5) is 13.0. The number of sulfone groups is 1. The molecular weight excluding hydrogens is 401 g/mol. The number of benzene rings is 2. The molecular formula is C20H18FNO4S2. The first-order valence-corrected chi connectivity index (χ1v) is 10.8. The van der Waals surface area contributed by atoms with Gasteiger partial charge in [0.1, 0.15) is 16.8 Å². The maximum absolute atomic E-state index is 13.8. The molecule has 0 bridgehead atoms. The summed E-state index contributed by atoms with van der Waals surface area (Å²) in [5.41, 5.74) is -0.130. The van der Waals surface area contributed by atoms with Crippen LogP contribution in [0, 0.1) is 5.82 Å². The molecule has 28 heavy (non-hydrogen) atoms. The minimum atomic E-state index is -3.79. The third-order valence-electron chi connectivity index (χ3n) is 4.19. The number of carbonyl (C=O) groups is 1. The van der Waals surface area contributed by atoms with Crippen molar-refractivity contribution in [2.24, 2.45) is 0 Å². The van der Waals surface area contributed by atoms with Crippen LogP contribution in [0.25, 0.3) is 0 Å². The molecule has 1 heterocycles. The predicted molar refractivity (Wildman–Crippen MR) is 106 cm³/mol. The lowest BCUT2D eigenvalue weighted by Crippen LogP contribution is -2.32. The Bertz CT molecular complexity index is 1050. The van der Waals surface area contributed by atoms with E-state index in [2.05, 4.69) is 5.32 Å². The number of hydrogen-bond acceptors (Lipinski definition) is 5. The van der Waals surface area contributed by atoms with Crippen LogP contribution in [0.4, 0.5) is 4.39 Å². The van der Waals surface area contributed by atoms with Crippen LogP contribution in [0.15, 0.2) is 70.9 Å². The SMILES string of the molecule is COc1ccc(S(=O)(=O)[C@@H](CNC(=O)c2ccccc2F)c2cccs2)cc1. The number of carbonyl (C=O) groups excluding carboxylic acids is 1. The zero-order valence-electron chi connectivity index (χ0n) is 15.0. The highest BCUT2D eigenvalue weighted by Gasteiger charge is 2.30. The van der Waals surface area contributed by atoms with Crippen molar-refractivity contribution >= 4 is 27.1 Å². The summed E-state index contributed by atoms with van der Waals surface area (Å²) in [5, 5.41) is 3.33. The number of hydrogen-bond donors (Lipinski definition) is 1. The van der Waals surface area contributed by atoms with E-state index in [1.165, 1.54) is 48.8 Å². The van der Waals surface area contributed by atoms with Gasteiger partial charge in [-0.15, -0.1) is 11.3 Å². The molecule has 0 aliphatic rings. The van der Waals surface area contributed by atoms with E-state index in [1.807, 2.05) is 0 Å². The van der Waals surface area contributed by atoms with Gasteiger partial charge in [0.25, 0.3) is 5.91 Å². The second-order valence-corrected chi connectivity index (χ2v) is 9.02. The number of amides is 1. The first-order chi connectivity index (χ1) is 13.4. The molecule has 8 heteroatoms. The molecule has 1 atom stereocenters. The Morgan fingerprint density at radius 2 is 1.82 bits per heavy atom. The molecule has 3 aromatic rings. The fourth-order valence-corrected chi connectivity index (χ4v) is 5.48. The maximum atomic E-state index is 13.8. The molecule has 0 aliphatic carbocycles. The maximum Gasteiger partial charge on any atom is 0.254 e. The van der Waals surface area contributed by atoms with Gasteiger partial charge in [-0.1, -0.05) is 18.2 Å². The zero-order chi connectivity index (χ0) is 20.1. The minimum Gasteiger partial charge on any atom is -0.497 e. The van der Waals surface area contributed by atoms with Gasteiger partial charge in [-0.05, 0) is 47.8 Å². The van der Waals surface area contributed by atoms with E-state index in [4.69, 9.17) is 4.74 Å². The molecule has 0 unspecified atom stereocenters. The number of thiophene rings is 1. The van der Waals surface area contributed by atoms with E-state index in [0.717, 1.165) is 0 Å². The van der Waals surface area contributed by atoms with Crippen molar-refractivity contribution in [3.05, 3.63) is 82.3 Å². The van der Waals surface area contributed by atoms with Gasteiger partial charge in [-0.2, -0.15) is 0 Å². The molecule has 3 rings (SSSR count). The largest absolute Gasteiger partial charge is 0.497 e. The van der Waals surface area contributed by atoms with Gasteiger partial charge < -0.3 is 10.1 Å². The number of methoxy groups -OCH3 is 1. The van der Waals surface area contributed by atoms with E-state index in [0.29, 0.717) is 10.6 Å². The molecule has 0 saturated heterocycles. The monoisotopic (exact) mass is 419 g/mol. The van der Waals surface area contributed by atoms with E-state index < -0.39 is 26.8 Å². The first kappa shape index (κ1) is 20.0. The number of nitrogens with one attached hydrogen (secondary N) is 1. The smallest absolute Gasteiger partial charge is 0.254 e. The summed E-state index contributed by atoms with van der Waals surface area (Å²) in [6.45, 7) is -0.179. The number of halogens is 1. The average Bonchev–Trinajstić information content (AvgIpc) is 3.22. The van der Waals surface area contributed by atoms with Crippen molar-refractivity contribution in [2.75, 3.05) is 13.7 Å². The predicted octanol–water partition coefficient (Wildman–Crippen LogP) is 3.84. The van der Waals surface area contributed by atoms with Gasteiger partial charge in [-0.25, -0.2) is 12.8 Å². The van der Waals surface area contributed by atoms with Crippen molar-refractivity contribution in [1.29, 1.82) is 0 Å². The Kier molecular flexibility index (Phi) is 6.11. The Morgan fingerprint density at radius 1 is 1.11 bits per heavy atom. The van der Waals surface area contributed by atoms with Crippen LogP contribution in [0.1, 0.15) is 20.5 Å². The van der Waals surface area contributed by atoms with Gasteiger partial charge in [0.05, 0.1) is 17.6 Å². The van der Waals surface area contributed by atoms with Crippen LogP contribution in [-0.4, -0.2) is 28.0 Å². The molecule has 0 aliphatic heterocycles. The Hall–Kier alpha value is -2.71. The minimum absolute atomic E-state index is 0.117. The molecule has 0 saturated carbocycles. The van der Waals surface area contributed by atoms with Crippen molar-refractivity contribution in [1.82, 2.24) is 5.32 Å². The van der Waals surface area contributed by atoms with Gasteiger partial charge in [0.2, 0.25) is 0 Å². The summed E-state index contributed by atoms with van der Waals surface area (Å²) in [6, 6.07) is 15.1. The van der Waals surface area contributed by atoms with Crippen LogP contribution in [0.5, 0.6) is 5.75 Å². The third kappa shape index (κ3) is 4.23. The number of rotatable bonds is 7. The lowest BCUT2D eigenvalue weighted by Gasteiger charge is -2.18. The van der Waals surface area contributed by atoms with Gasteiger partial charge in [-0.3, -0.25) is 4.79 Å². The molecule has 146 valence electrons. The molecule has 0 radical (unpaired) electrons. The standard InChI is InChI=1S/C20H18FNO4S2/c1-26-14-8-10-15(11-9-14)28(24,25)19(18-7-4-12-27-18)13-22-20(23)16-5-2-3-6-17(16)21/h2-12,19H,13H2,1H3,(H,22,23)/t19-/m0/s1. The van der Waals surface area contributed by atoms with Crippen molar-refractivity contribution in [3.63, 3.8) is 0 Å². The molecule has 1 N–H and O–H groups in total.